The number of nitrogens with zero attached hydrogens (tertiary/aromatic N) is 1. The summed E-state index contributed by atoms with van der Waals surface area (Å²) in [5.74, 6) is 0. The van der Waals surface area contributed by atoms with Crippen LogP contribution in [0, 0.1) is 0 Å². The van der Waals surface area contributed by atoms with Crippen LogP contribution >= 0.6 is 0 Å². The van der Waals surface area contributed by atoms with Gasteiger partial charge in [0, 0.05) is 31.1 Å². The molecular formula is C30H36N2O6S. The Morgan fingerprint density at radius 1 is 0.872 bits per heavy atom. The van der Waals surface area contributed by atoms with Crippen LogP contribution in [0.3, 0.4) is 0 Å². The quantitative estimate of drug-likeness (QED) is 0.352. The van der Waals surface area contributed by atoms with E-state index >= 15 is 0 Å². The summed E-state index contributed by atoms with van der Waals surface area (Å²) in [6.07, 6.45) is 1.88. The smallest absolute Gasteiger partial charge is 0.240 e. The second-order valence-electron chi connectivity index (χ2n) is 10.2. The van der Waals surface area contributed by atoms with Gasteiger partial charge in [0.15, 0.2) is 6.29 Å². The number of likely N-dealkylation sites (tertiary alicyclic amines) is 1. The number of aliphatic hydroxyl groups is 2. The Labute approximate surface area is 230 Å². The molecule has 208 valence electrons. The zero-order valence-electron chi connectivity index (χ0n) is 21.9. The minimum atomic E-state index is -3.60. The lowest BCUT2D eigenvalue weighted by Gasteiger charge is -2.38. The highest BCUT2D eigenvalue weighted by Crippen LogP contribution is 2.38. The molecule has 2 aliphatic rings. The van der Waals surface area contributed by atoms with E-state index in [9.17, 15) is 18.6 Å². The van der Waals surface area contributed by atoms with Gasteiger partial charge >= 0.3 is 0 Å². The van der Waals surface area contributed by atoms with E-state index in [4.69, 9.17) is 9.47 Å². The van der Waals surface area contributed by atoms with Gasteiger partial charge in [-0.1, -0.05) is 66.7 Å². The summed E-state index contributed by atoms with van der Waals surface area (Å²) in [4.78, 5) is 2.54. The number of aliphatic hydroxyl groups excluding tert-OH is 2. The standard InChI is InChI=1S/C30H36N2O6S/c33-20-23-10-12-24(13-11-23)29-17-27(19-32-16-4-5-26(32)21-34)37-30(38-29)25-14-8-22(9-15-25)18-31-39(35,36)28-6-2-1-3-7-28/h1-3,6-15,26-27,29-31,33-34H,4-5,16-21H2/t26-,27-,29+,30?/m0/s1. The largest absolute Gasteiger partial charge is 0.395 e. The van der Waals surface area contributed by atoms with Gasteiger partial charge in [-0.25, -0.2) is 13.1 Å². The molecule has 5 rings (SSSR count). The molecule has 3 aromatic rings. The summed E-state index contributed by atoms with van der Waals surface area (Å²) in [7, 11) is -3.60. The molecule has 0 amide bonds. The zero-order chi connectivity index (χ0) is 27.2. The lowest BCUT2D eigenvalue weighted by molar-refractivity contribution is -0.253. The van der Waals surface area contributed by atoms with Crippen molar-refractivity contribution in [3.8, 4) is 0 Å². The number of hydrogen-bond donors (Lipinski definition) is 3. The first-order chi connectivity index (χ1) is 18.9. The fourth-order valence-corrected chi connectivity index (χ4v) is 6.33. The molecule has 0 spiro atoms. The Morgan fingerprint density at radius 3 is 2.26 bits per heavy atom. The molecule has 3 N–H and O–H groups in total. The Balaban J connectivity index is 1.29. The van der Waals surface area contributed by atoms with Crippen molar-refractivity contribution in [2.45, 2.75) is 61.8 Å². The molecule has 1 unspecified atom stereocenters. The molecule has 4 atom stereocenters. The van der Waals surface area contributed by atoms with E-state index in [1.807, 2.05) is 48.5 Å². The average Bonchev–Trinajstić information content (AvgIpc) is 3.43. The third kappa shape index (κ3) is 6.93. The Kier molecular flexibility index (Phi) is 9.09. The Morgan fingerprint density at radius 2 is 1.56 bits per heavy atom. The lowest BCUT2D eigenvalue weighted by Crippen LogP contribution is -2.42. The average molecular weight is 553 g/mol. The van der Waals surface area contributed by atoms with Gasteiger partial charge in [0.05, 0.1) is 30.3 Å². The van der Waals surface area contributed by atoms with Crippen molar-refractivity contribution < 1.29 is 28.1 Å². The summed E-state index contributed by atoms with van der Waals surface area (Å²) >= 11 is 0. The molecule has 2 fully saturated rings. The van der Waals surface area contributed by atoms with Gasteiger partial charge in [-0.15, -0.1) is 0 Å². The van der Waals surface area contributed by atoms with Crippen molar-refractivity contribution >= 4 is 10.0 Å². The molecule has 0 bridgehead atoms. The highest BCUT2D eigenvalue weighted by Gasteiger charge is 2.35. The van der Waals surface area contributed by atoms with Gasteiger partial charge in [0.25, 0.3) is 0 Å². The number of rotatable bonds is 10. The van der Waals surface area contributed by atoms with Crippen LogP contribution in [0.2, 0.25) is 0 Å². The van der Waals surface area contributed by atoms with E-state index in [-0.39, 0.29) is 42.9 Å². The molecule has 3 aromatic carbocycles. The summed E-state index contributed by atoms with van der Waals surface area (Å²) in [6.45, 7) is 1.97. The van der Waals surface area contributed by atoms with Gasteiger partial charge in [-0.3, -0.25) is 4.90 Å². The summed E-state index contributed by atoms with van der Waals surface area (Å²) in [5.41, 5.74) is 3.55. The molecule has 39 heavy (non-hydrogen) atoms. The van der Waals surface area contributed by atoms with Gasteiger partial charge in [0.2, 0.25) is 10.0 Å². The molecular weight excluding hydrogens is 516 g/mol. The Hall–Kier alpha value is -2.63. The van der Waals surface area contributed by atoms with Crippen LogP contribution < -0.4 is 4.72 Å². The van der Waals surface area contributed by atoms with Crippen molar-refractivity contribution in [2.24, 2.45) is 0 Å². The van der Waals surface area contributed by atoms with Crippen LogP contribution in [0.1, 0.15) is 53.9 Å². The maximum Gasteiger partial charge on any atom is 0.240 e. The fourth-order valence-electron chi connectivity index (χ4n) is 5.29. The monoisotopic (exact) mass is 552 g/mol. The predicted octanol–water partition coefficient (Wildman–Crippen LogP) is 3.66. The molecule has 0 aliphatic carbocycles. The molecule has 9 heteroatoms. The SMILES string of the molecule is O=S(=O)(NCc1ccc(C2O[C@H](CN3CCC[C@H]3CO)C[C@H](c3ccc(CO)cc3)O2)cc1)c1ccccc1. The first-order valence-corrected chi connectivity index (χ1v) is 14.9. The van der Waals surface area contributed by atoms with E-state index in [1.165, 1.54) is 0 Å². The van der Waals surface area contributed by atoms with E-state index in [1.54, 1.807) is 30.3 Å². The molecule has 0 aromatic heterocycles. The van der Waals surface area contributed by atoms with Crippen LogP contribution in [0.25, 0.3) is 0 Å². The number of sulfonamides is 1. The van der Waals surface area contributed by atoms with E-state index in [2.05, 4.69) is 9.62 Å². The second kappa shape index (κ2) is 12.7. The molecule has 0 radical (unpaired) electrons. The van der Waals surface area contributed by atoms with E-state index < -0.39 is 16.3 Å². The third-order valence-corrected chi connectivity index (χ3v) is 8.95. The maximum absolute atomic E-state index is 12.6. The first-order valence-electron chi connectivity index (χ1n) is 13.4. The zero-order valence-corrected chi connectivity index (χ0v) is 22.7. The van der Waals surface area contributed by atoms with Crippen molar-refractivity contribution in [2.75, 3.05) is 19.7 Å². The van der Waals surface area contributed by atoms with Crippen molar-refractivity contribution in [1.29, 1.82) is 0 Å². The van der Waals surface area contributed by atoms with Crippen LogP contribution in [0.5, 0.6) is 0 Å². The summed E-state index contributed by atoms with van der Waals surface area (Å²) < 4.78 is 40.7. The summed E-state index contributed by atoms with van der Waals surface area (Å²) in [6, 6.07) is 23.9. The molecule has 2 heterocycles. The van der Waals surface area contributed by atoms with Gasteiger partial charge in [-0.2, -0.15) is 0 Å². The summed E-state index contributed by atoms with van der Waals surface area (Å²) in [5, 5.41) is 19.2. The van der Waals surface area contributed by atoms with Crippen LogP contribution in [0.15, 0.2) is 83.8 Å². The number of ether oxygens (including phenoxy) is 2. The van der Waals surface area contributed by atoms with Gasteiger partial charge in [0.1, 0.15) is 0 Å². The number of benzene rings is 3. The Bertz CT molecular complexity index is 1300. The normalized spacial score (nSPS) is 24.2. The lowest BCUT2D eigenvalue weighted by atomic mass is 9.99. The van der Waals surface area contributed by atoms with Crippen molar-refractivity contribution in [1.82, 2.24) is 9.62 Å². The predicted molar refractivity (Wildman–Crippen MR) is 147 cm³/mol. The molecule has 2 saturated heterocycles. The van der Waals surface area contributed by atoms with Crippen LogP contribution in [-0.2, 0) is 32.6 Å². The third-order valence-electron chi connectivity index (χ3n) is 7.53. The topological polar surface area (TPSA) is 108 Å². The fraction of sp³-hybridized carbons (Fsp3) is 0.400. The van der Waals surface area contributed by atoms with Crippen molar-refractivity contribution in [3.63, 3.8) is 0 Å². The van der Waals surface area contributed by atoms with E-state index in [0.717, 1.165) is 48.2 Å². The van der Waals surface area contributed by atoms with Crippen molar-refractivity contribution in [3.05, 3.63) is 101 Å². The molecule has 8 nitrogen and oxygen atoms in total. The number of nitrogens with one attached hydrogen (secondary N) is 1. The molecule has 2 aliphatic heterocycles. The van der Waals surface area contributed by atoms with Crippen LogP contribution in [0.4, 0.5) is 0 Å². The highest BCUT2D eigenvalue weighted by molar-refractivity contribution is 7.89. The minimum Gasteiger partial charge on any atom is -0.395 e. The van der Waals surface area contributed by atoms with E-state index in [0.29, 0.717) is 6.42 Å². The van der Waals surface area contributed by atoms with Crippen LogP contribution in [-0.4, -0.2) is 55.4 Å². The molecule has 0 saturated carbocycles. The highest BCUT2D eigenvalue weighted by atomic mass is 32.2. The van der Waals surface area contributed by atoms with Gasteiger partial charge < -0.3 is 19.7 Å². The second-order valence-corrected chi connectivity index (χ2v) is 12.0. The van der Waals surface area contributed by atoms with Gasteiger partial charge in [-0.05, 0) is 48.2 Å². The number of hydrogen-bond acceptors (Lipinski definition) is 7. The maximum atomic E-state index is 12.6. The first kappa shape index (κ1) is 27.9. The minimum absolute atomic E-state index is 0.00840.